The average Bonchev–Trinajstić information content (AvgIpc) is 3.06. The molecule has 5 nitrogen and oxygen atoms in total. The highest BCUT2D eigenvalue weighted by molar-refractivity contribution is 7.59. The van der Waals surface area contributed by atoms with Gasteiger partial charge in [0.05, 0.1) is 11.6 Å². The molecule has 5 atom stereocenters. The maximum absolute atomic E-state index is 12.6. The van der Waals surface area contributed by atoms with Crippen molar-refractivity contribution in [2.24, 2.45) is 11.8 Å². The van der Waals surface area contributed by atoms with Crippen molar-refractivity contribution in [1.82, 2.24) is 15.1 Å². The molecule has 5 unspecified atom stereocenters. The fourth-order valence-corrected chi connectivity index (χ4v) is 6.47. The van der Waals surface area contributed by atoms with E-state index < -0.39 is 12.6 Å². The molecule has 144 valence electrons. The monoisotopic (exact) mass is 369 g/mol. The van der Waals surface area contributed by atoms with E-state index >= 15 is 0 Å². The Hall–Kier alpha value is -0.770. The fourth-order valence-electron chi connectivity index (χ4n) is 4.35. The van der Waals surface area contributed by atoms with Crippen LogP contribution in [0.5, 0.6) is 0 Å². The molecule has 0 radical (unpaired) electrons. The summed E-state index contributed by atoms with van der Waals surface area (Å²) in [5, 5.41) is 2.68. The lowest BCUT2D eigenvalue weighted by Crippen LogP contribution is -2.48. The molecule has 0 bridgehead atoms. The van der Waals surface area contributed by atoms with E-state index in [9.17, 15) is 9.46 Å². The SMILES string of the molecule is C=C(C1CC(C)CN1C(=C)C(C)(C)NC)N(C)C1(P(C)(=O)O)CC1C. The van der Waals surface area contributed by atoms with Crippen LogP contribution >= 0.6 is 7.37 Å². The van der Waals surface area contributed by atoms with Crippen molar-refractivity contribution in [2.45, 2.75) is 57.4 Å². The highest BCUT2D eigenvalue weighted by atomic mass is 31.2. The summed E-state index contributed by atoms with van der Waals surface area (Å²) in [7, 11) is 0.632. The lowest BCUT2D eigenvalue weighted by molar-refractivity contribution is 0.226. The van der Waals surface area contributed by atoms with Gasteiger partial charge in [-0.1, -0.05) is 27.0 Å². The summed E-state index contributed by atoms with van der Waals surface area (Å²) in [6.45, 7) is 19.7. The number of nitrogens with one attached hydrogen (secondary N) is 1. The highest BCUT2D eigenvalue weighted by Gasteiger charge is 2.64. The molecule has 1 saturated carbocycles. The number of likely N-dealkylation sites (tertiary alicyclic amines) is 1. The molecule has 25 heavy (non-hydrogen) atoms. The van der Waals surface area contributed by atoms with E-state index in [1.165, 1.54) is 6.66 Å². The third kappa shape index (κ3) is 3.31. The summed E-state index contributed by atoms with van der Waals surface area (Å²) >= 11 is 0. The van der Waals surface area contributed by atoms with Gasteiger partial charge in [-0.25, -0.2) is 0 Å². The molecule has 1 aliphatic carbocycles. The van der Waals surface area contributed by atoms with Crippen LogP contribution < -0.4 is 5.32 Å². The molecule has 2 fully saturated rings. The lowest BCUT2D eigenvalue weighted by Gasteiger charge is -2.42. The molecule has 0 aromatic carbocycles. The number of rotatable bonds is 7. The Kier molecular flexibility index (Phi) is 5.29. The molecule has 0 amide bonds. The maximum atomic E-state index is 12.6. The van der Waals surface area contributed by atoms with E-state index in [1.54, 1.807) is 0 Å². The van der Waals surface area contributed by atoms with Crippen molar-refractivity contribution in [1.29, 1.82) is 0 Å². The quantitative estimate of drug-likeness (QED) is 0.675. The van der Waals surface area contributed by atoms with E-state index in [0.717, 1.165) is 30.8 Å². The normalized spacial score (nSPS) is 34.6. The molecule has 0 spiro atoms. The summed E-state index contributed by atoms with van der Waals surface area (Å²) in [6.07, 6.45) is 1.74. The summed E-state index contributed by atoms with van der Waals surface area (Å²) in [5.74, 6) is 0.744. The van der Waals surface area contributed by atoms with Crippen LogP contribution in [0.15, 0.2) is 24.6 Å². The van der Waals surface area contributed by atoms with E-state index in [0.29, 0.717) is 5.92 Å². The minimum Gasteiger partial charge on any atom is -0.365 e. The molecule has 0 aromatic heterocycles. The molecule has 1 saturated heterocycles. The van der Waals surface area contributed by atoms with Crippen LogP contribution in [0.3, 0.4) is 0 Å². The smallest absolute Gasteiger partial charge is 0.222 e. The van der Waals surface area contributed by atoms with Crippen molar-refractivity contribution < 1.29 is 9.46 Å². The van der Waals surface area contributed by atoms with Gasteiger partial charge in [0, 0.05) is 31.7 Å². The Labute approximate surface area is 153 Å². The molecular formula is C19H36N3O2P. The van der Waals surface area contributed by atoms with Crippen molar-refractivity contribution in [3.05, 3.63) is 24.6 Å². The first kappa shape index (κ1) is 20.5. The zero-order valence-corrected chi connectivity index (χ0v) is 17.9. The van der Waals surface area contributed by atoms with Gasteiger partial charge in [-0.3, -0.25) is 4.57 Å². The first-order valence-electron chi connectivity index (χ1n) is 9.17. The zero-order chi connectivity index (χ0) is 19.4. The molecular weight excluding hydrogens is 333 g/mol. The van der Waals surface area contributed by atoms with Crippen LogP contribution in [0.2, 0.25) is 0 Å². The number of hydrogen-bond acceptors (Lipinski definition) is 4. The molecule has 0 aromatic rings. The van der Waals surface area contributed by atoms with Gasteiger partial charge in [0.25, 0.3) is 0 Å². The highest BCUT2D eigenvalue weighted by Crippen LogP contribution is 2.70. The second-order valence-electron chi connectivity index (χ2n) is 8.74. The first-order valence-corrected chi connectivity index (χ1v) is 11.3. The van der Waals surface area contributed by atoms with Crippen LogP contribution in [-0.2, 0) is 4.57 Å². The maximum Gasteiger partial charge on any atom is 0.222 e. The van der Waals surface area contributed by atoms with Gasteiger partial charge in [-0.05, 0) is 45.6 Å². The predicted molar refractivity (Wildman–Crippen MR) is 106 cm³/mol. The van der Waals surface area contributed by atoms with Crippen LogP contribution in [-0.4, -0.2) is 58.9 Å². The summed E-state index contributed by atoms with van der Waals surface area (Å²) < 4.78 is 12.6. The van der Waals surface area contributed by atoms with Crippen LogP contribution in [0, 0.1) is 11.8 Å². The van der Waals surface area contributed by atoms with Crippen molar-refractivity contribution in [3.63, 3.8) is 0 Å². The van der Waals surface area contributed by atoms with Crippen molar-refractivity contribution in [3.8, 4) is 0 Å². The largest absolute Gasteiger partial charge is 0.365 e. The van der Waals surface area contributed by atoms with Crippen molar-refractivity contribution in [2.75, 3.05) is 27.3 Å². The second-order valence-corrected chi connectivity index (χ2v) is 11.3. The molecule has 6 heteroatoms. The Morgan fingerprint density at radius 3 is 2.32 bits per heavy atom. The first-order chi connectivity index (χ1) is 11.3. The summed E-state index contributed by atoms with van der Waals surface area (Å²) in [6, 6.07) is 0.122. The van der Waals surface area contributed by atoms with Gasteiger partial charge in [-0.15, -0.1) is 0 Å². The third-order valence-electron chi connectivity index (χ3n) is 6.55. The van der Waals surface area contributed by atoms with E-state index in [1.807, 2.05) is 25.9 Å². The summed E-state index contributed by atoms with van der Waals surface area (Å²) in [4.78, 5) is 14.7. The number of nitrogens with zero attached hydrogens (tertiary/aromatic N) is 2. The van der Waals surface area contributed by atoms with Crippen molar-refractivity contribution >= 4 is 7.37 Å². The molecule has 1 heterocycles. The molecule has 2 rings (SSSR count). The van der Waals surface area contributed by atoms with Gasteiger partial charge < -0.3 is 20.0 Å². The minimum atomic E-state index is -3.25. The van der Waals surface area contributed by atoms with E-state index in [2.05, 4.69) is 44.1 Å². The number of likely N-dealkylation sites (N-methyl/N-ethyl adjacent to an activating group) is 2. The second kappa shape index (κ2) is 6.44. The topological polar surface area (TPSA) is 55.8 Å². The van der Waals surface area contributed by atoms with Crippen LogP contribution in [0.4, 0.5) is 0 Å². The van der Waals surface area contributed by atoms with Gasteiger partial charge in [0.15, 0.2) is 0 Å². The Morgan fingerprint density at radius 1 is 1.40 bits per heavy atom. The molecule has 2 N–H and O–H groups in total. The Balaban J connectivity index is 2.28. The van der Waals surface area contributed by atoms with Crippen LogP contribution in [0.25, 0.3) is 0 Å². The standard InChI is InChI=1S/C19H36N3O2P/c1-13-10-17(22(12-13)16(4)18(5,6)20-7)15(3)21(8)19(11-14(19)2)25(9,23)24/h13-14,17,20H,3-4,10-12H2,1-2,5-9H3,(H,23,24). The Bertz CT molecular complexity index is 612. The third-order valence-corrected chi connectivity index (χ3v) is 8.91. The van der Waals surface area contributed by atoms with Crippen LogP contribution in [0.1, 0.15) is 40.5 Å². The lowest BCUT2D eigenvalue weighted by atomic mass is 9.99. The van der Waals surface area contributed by atoms with E-state index in [4.69, 9.17) is 0 Å². The van der Waals surface area contributed by atoms with Gasteiger partial charge >= 0.3 is 0 Å². The van der Waals surface area contributed by atoms with Gasteiger partial charge in [0.1, 0.15) is 5.28 Å². The average molecular weight is 369 g/mol. The molecule has 2 aliphatic rings. The zero-order valence-electron chi connectivity index (χ0n) is 17.0. The minimum absolute atomic E-state index is 0.122. The van der Waals surface area contributed by atoms with Gasteiger partial charge in [-0.2, -0.15) is 0 Å². The van der Waals surface area contributed by atoms with Gasteiger partial charge in [0.2, 0.25) is 7.37 Å². The molecule has 1 aliphatic heterocycles. The predicted octanol–water partition coefficient (Wildman–Crippen LogP) is 3.29. The Morgan fingerprint density at radius 2 is 1.92 bits per heavy atom. The fraction of sp³-hybridized carbons (Fsp3) is 0.789. The van der Waals surface area contributed by atoms with E-state index in [-0.39, 0.29) is 17.5 Å². The summed E-state index contributed by atoms with van der Waals surface area (Å²) in [5.41, 5.74) is 1.77. The number of hydrogen-bond donors (Lipinski definition) is 2.